The molecular formula is C14H22N6. The Morgan fingerprint density at radius 2 is 2.20 bits per heavy atom. The molecule has 0 saturated carbocycles. The SMILES string of the molecule is CCCNCc1cncc(N(C)Cc2nccn2C)n1. The minimum absolute atomic E-state index is 0.712. The fourth-order valence-corrected chi connectivity index (χ4v) is 1.90. The van der Waals surface area contributed by atoms with Crippen molar-refractivity contribution < 1.29 is 0 Å². The van der Waals surface area contributed by atoms with Gasteiger partial charge >= 0.3 is 0 Å². The molecule has 2 heterocycles. The van der Waals surface area contributed by atoms with E-state index in [0.717, 1.165) is 36.8 Å². The number of hydrogen-bond acceptors (Lipinski definition) is 5. The van der Waals surface area contributed by atoms with Crippen molar-refractivity contribution in [3.05, 3.63) is 36.3 Å². The monoisotopic (exact) mass is 274 g/mol. The molecule has 0 aliphatic rings. The van der Waals surface area contributed by atoms with Gasteiger partial charge in [0.1, 0.15) is 11.6 Å². The van der Waals surface area contributed by atoms with Crippen molar-refractivity contribution in [2.24, 2.45) is 7.05 Å². The molecule has 6 heteroatoms. The van der Waals surface area contributed by atoms with E-state index in [1.165, 1.54) is 0 Å². The minimum Gasteiger partial charge on any atom is -0.351 e. The average Bonchev–Trinajstić information content (AvgIpc) is 2.85. The summed E-state index contributed by atoms with van der Waals surface area (Å²) in [5.74, 6) is 1.87. The third-order valence-corrected chi connectivity index (χ3v) is 3.10. The Balaban J connectivity index is 2.00. The van der Waals surface area contributed by atoms with E-state index in [0.29, 0.717) is 6.54 Å². The van der Waals surface area contributed by atoms with Crippen LogP contribution in [0.2, 0.25) is 0 Å². The number of aryl methyl sites for hydroxylation is 1. The lowest BCUT2D eigenvalue weighted by Crippen LogP contribution is -2.21. The lowest BCUT2D eigenvalue weighted by Gasteiger charge is -2.18. The van der Waals surface area contributed by atoms with Crippen molar-refractivity contribution in [3.63, 3.8) is 0 Å². The molecule has 0 spiro atoms. The Hall–Kier alpha value is -1.95. The van der Waals surface area contributed by atoms with Gasteiger partial charge in [-0.2, -0.15) is 0 Å². The molecule has 0 bridgehead atoms. The van der Waals surface area contributed by atoms with Crippen LogP contribution in [0.3, 0.4) is 0 Å². The van der Waals surface area contributed by atoms with Crippen LogP contribution in [-0.2, 0) is 20.1 Å². The highest BCUT2D eigenvalue weighted by atomic mass is 15.2. The van der Waals surface area contributed by atoms with Crippen LogP contribution in [0.15, 0.2) is 24.8 Å². The third kappa shape index (κ3) is 3.77. The Kier molecular flexibility index (Phi) is 5.06. The standard InChI is InChI=1S/C14H22N6/c1-4-5-15-8-12-9-16-10-13(18-12)20(3)11-14-17-6-7-19(14)2/h6-7,9-10,15H,4-5,8,11H2,1-3H3. The van der Waals surface area contributed by atoms with E-state index in [9.17, 15) is 0 Å². The summed E-state index contributed by atoms with van der Waals surface area (Å²) in [5, 5.41) is 3.33. The van der Waals surface area contributed by atoms with E-state index < -0.39 is 0 Å². The summed E-state index contributed by atoms with van der Waals surface area (Å²) in [7, 11) is 3.99. The van der Waals surface area contributed by atoms with Gasteiger partial charge in [-0.05, 0) is 13.0 Å². The second-order valence-corrected chi connectivity index (χ2v) is 4.86. The lowest BCUT2D eigenvalue weighted by atomic mass is 10.4. The van der Waals surface area contributed by atoms with Crippen molar-refractivity contribution >= 4 is 5.82 Å². The highest BCUT2D eigenvalue weighted by Crippen LogP contribution is 2.10. The molecule has 1 N–H and O–H groups in total. The Bertz CT molecular complexity index is 536. The summed E-state index contributed by atoms with van der Waals surface area (Å²) in [5.41, 5.74) is 0.961. The first-order valence-corrected chi connectivity index (χ1v) is 6.89. The number of nitrogens with zero attached hydrogens (tertiary/aromatic N) is 5. The van der Waals surface area contributed by atoms with E-state index >= 15 is 0 Å². The highest BCUT2D eigenvalue weighted by Gasteiger charge is 2.08. The molecule has 0 unspecified atom stereocenters. The number of hydrogen-bond donors (Lipinski definition) is 1. The molecule has 6 nitrogen and oxygen atoms in total. The van der Waals surface area contributed by atoms with Crippen molar-refractivity contribution in [1.82, 2.24) is 24.8 Å². The van der Waals surface area contributed by atoms with Crippen LogP contribution in [0.4, 0.5) is 5.82 Å². The van der Waals surface area contributed by atoms with Crippen LogP contribution in [0, 0.1) is 0 Å². The maximum absolute atomic E-state index is 4.62. The molecular weight excluding hydrogens is 252 g/mol. The van der Waals surface area contributed by atoms with Crippen molar-refractivity contribution in [1.29, 1.82) is 0 Å². The van der Waals surface area contributed by atoms with Crippen LogP contribution in [-0.4, -0.2) is 33.1 Å². The second kappa shape index (κ2) is 7.00. The van der Waals surface area contributed by atoms with Gasteiger partial charge in [-0.3, -0.25) is 4.98 Å². The summed E-state index contributed by atoms with van der Waals surface area (Å²) in [6, 6.07) is 0. The number of anilines is 1. The summed E-state index contributed by atoms with van der Waals surface area (Å²) < 4.78 is 2.01. The van der Waals surface area contributed by atoms with Gasteiger partial charge in [0, 0.05) is 39.2 Å². The zero-order valence-corrected chi connectivity index (χ0v) is 12.4. The Morgan fingerprint density at radius 3 is 2.90 bits per heavy atom. The predicted molar refractivity (Wildman–Crippen MR) is 79.3 cm³/mol. The fraction of sp³-hybridized carbons (Fsp3) is 0.500. The van der Waals surface area contributed by atoms with Gasteiger partial charge < -0.3 is 14.8 Å². The molecule has 0 saturated heterocycles. The normalized spacial score (nSPS) is 10.8. The predicted octanol–water partition coefficient (Wildman–Crippen LogP) is 1.35. The van der Waals surface area contributed by atoms with Crippen LogP contribution < -0.4 is 10.2 Å². The van der Waals surface area contributed by atoms with Crippen LogP contribution in [0.1, 0.15) is 24.9 Å². The topological polar surface area (TPSA) is 58.9 Å². The molecule has 2 aromatic rings. The van der Waals surface area contributed by atoms with Crippen LogP contribution in [0.25, 0.3) is 0 Å². The number of imidazole rings is 1. The first-order chi connectivity index (χ1) is 9.70. The Morgan fingerprint density at radius 1 is 1.35 bits per heavy atom. The first kappa shape index (κ1) is 14.5. The molecule has 0 fully saturated rings. The maximum atomic E-state index is 4.62. The molecule has 0 radical (unpaired) electrons. The number of rotatable bonds is 7. The second-order valence-electron chi connectivity index (χ2n) is 4.86. The smallest absolute Gasteiger partial charge is 0.147 e. The molecule has 108 valence electrons. The van der Waals surface area contributed by atoms with Gasteiger partial charge in [0.15, 0.2) is 0 Å². The van der Waals surface area contributed by atoms with Gasteiger partial charge in [-0.25, -0.2) is 9.97 Å². The summed E-state index contributed by atoms with van der Waals surface area (Å²) >= 11 is 0. The molecule has 0 aliphatic carbocycles. The summed E-state index contributed by atoms with van der Waals surface area (Å²) in [4.78, 5) is 15.3. The number of aromatic nitrogens is 4. The quantitative estimate of drug-likeness (QED) is 0.772. The van der Waals surface area contributed by atoms with E-state index in [2.05, 4.69) is 32.1 Å². The summed E-state index contributed by atoms with van der Waals surface area (Å²) in [6.07, 6.45) is 8.46. The van der Waals surface area contributed by atoms with E-state index in [1.807, 2.05) is 24.9 Å². The highest BCUT2D eigenvalue weighted by molar-refractivity contribution is 5.35. The van der Waals surface area contributed by atoms with E-state index in [1.54, 1.807) is 18.6 Å². The molecule has 0 amide bonds. The number of nitrogens with one attached hydrogen (secondary N) is 1. The van der Waals surface area contributed by atoms with Crippen LogP contribution in [0.5, 0.6) is 0 Å². The maximum Gasteiger partial charge on any atom is 0.147 e. The molecule has 0 aromatic carbocycles. The first-order valence-electron chi connectivity index (χ1n) is 6.89. The zero-order valence-electron chi connectivity index (χ0n) is 12.4. The average molecular weight is 274 g/mol. The molecule has 2 rings (SSSR count). The van der Waals surface area contributed by atoms with Crippen molar-refractivity contribution in [2.75, 3.05) is 18.5 Å². The lowest BCUT2D eigenvalue weighted by molar-refractivity contribution is 0.660. The van der Waals surface area contributed by atoms with Gasteiger partial charge in [0.05, 0.1) is 18.4 Å². The zero-order chi connectivity index (χ0) is 14.4. The van der Waals surface area contributed by atoms with Crippen molar-refractivity contribution in [3.8, 4) is 0 Å². The fourth-order valence-electron chi connectivity index (χ4n) is 1.90. The van der Waals surface area contributed by atoms with E-state index in [4.69, 9.17) is 0 Å². The van der Waals surface area contributed by atoms with Gasteiger partial charge in [0.25, 0.3) is 0 Å². The van der Waals surface area contributed by atoms with Gasteiger partial charge in [0.2, 0.25) is 0 Å². The molecule has 0 atom stereocenters. The molecule has 20 heavy (non-hydrogen) atoms. The van der Waals surface area contributed by atoms with Crippen LogP contribution >= 0.6 is 0 Å². The summed E-state index contributed by atoms with van der Waals surface area (Å²) in [6.45, 7) is 4.61. The third-order valence-electron chi connectivity index (χ3n) is 3.10. The van der Waals surface area contributed by atoms with Crippen molar-refractivity contribution in [2.45, 2.75) is 26.4 Å². The minimum atomic E-state index is 0.712. The molecule has 0 aliphatic heterocycles. The molecule has 2 aromatic heterocycles. The largest absolute Gasteiger partial charge is 0.351 e. The van der Waals surface area contributed by atoms with Gasteiger partial charge in [-0.15, -0.1) is 0 Å². The van der Waals surface area contributed by atoms with E-state index in [-0.39, 0.29) is 0 Å². The Labute approximate surface area is 119 Å². The van der Waals surface area contributed by atoms with Gasteiger partial charge in [-0.1, -0.05) is 6.92 Å².